The molecule has 1 fully saturated rings. The van der Waals surface area contributed by atoms with Gasteiger partial charge in [-0.05, 0) is 53.9 Å². The van der Waals surface area contributed by atoms with Crippen LogP contribution in [-0.2, 0) is 16.1 Å². The zero-order valence-corrected chi connectivity index (χ0v) is 15.7. The predicted octanol–water partition coefficient (Wildman–Crippen LogP) is 4.02. The first kappa shape index (κ1) is 18.3. The number of imide groups is 1. The van der Waals surface area contributed by atoms with Crippen LogP contribution in [0.15, 0.2) is 50.6 Å². The second kappa shape index (κ2) is 7.84. The Hall–Kier alpha value is -2.45. The van der Waals surface area contributed by atoms with Crippen molar-refractivity contribution in [1.82, 2.24) is 4.90 Å². The molecule has 26 heavy (non-hydrogen) atoms. The smallest absolute Gasteiger partial charge is 0.373 e. The van der Waals surface area contributed by atoms with Crippen LogP contribution in [0.5, 0.6) is 0 Å². The zero-order valence-electron chi connectivity index (χ0n) is 14.1. The van der Waals surface area contributed by atoms with Crippen molar-refractivity contribution in [3.63, 3.8) is 0 Å². The molecule has 0 spiro atoms. The number of benzene rings is 1. The summed E-state index contributed by atoms with van der Waals surface area (Å²) in [5.74, 6) is -0.638. The molecule has 1 aromatic heterocycles. The van der Waals surface area contributed by atoms with E-state index in [4.69, 9.17) is 4.42 Å². The molecule has 2 aromatic rings. The Balaban J connectivity index is 1.75. The van der Waals surface area contributed by atoms with Crippen molar-refractivity contribution < 1.29 is 23.5 Å². The van der Waals surface area contributed by atoms with Gasteiger partial charge in [0.25, 0.3) is 11.1 Å². The summed E-state index contributed by atoms with van der Waals surface area (Å²) in [6, 6.07) is 10.7. The lowest BCUT2D eigenvalue weighted by atomic mass is 10.2. The van der Waals surface area contributed by atoms with E-state index in [1.54, 1.807) is 23.9 Å². The van der Waals surface area contributed by atoms with Gasteiger partial charge in [0.1, 0.15) is 5.76 Å². The first-order valence-corrected chi connectivity index (χ1v) is 9.62. The number of amides is 2. The summed E-state index contributed by atoms with van der Waals surface area (Å²) in [4.78, 5) is 38.7. The Bertz CT molecular complexity index is 885. The lowest BCUT2D eigenvalue weighted by Crippen LogP contribution is -2.27. The van der Waals surface area contributed by atoms with Crippen molar-refractivity contribution >= 4 is 46.7 Å². The fraction of sp³-hybridized carbons (Fsp3) is 0.167. The number of thioether (sulfide) groups is 2. The number of hydrogen-bond donors (Lipinski definition) is 0. The van der Waals surface area contributed by atoms with Crippen LogP contribution in [0.3, 0.4) is 0 Å². The monoisotopic (exact) mass is 389 g/mol. The molecular formula is C18H15NO5S2. The van der Waals surface area contributed by atoms with E-state index in [-0.39, 0.29) is 23.5 Å². The van der Waals surface area contributed by atoms with Gasteiger partial charge in [0.2, 0.25) is 5.76 Å². The average Bonchev–Trinajstić information content (AvgIpc) is 3.22. The minimum Gasteiger partial charge on any atom is -0.463 e. The van der Waals surface area contributed by atoms with E-state index >= 15 is 0 Å². The van der Waals surface area contributed by atoms with Gasteiger partial charge in [-0.1, -0.05) is 12.1 Å². The van der Waals surface area contributed by atoms with Crippen molar-refractivity contribution in [2.45, 2.75) is 11.4 Å². The maximum Gasteiger partial charge on any atom is 0.373 e. The summed E-state index contributed by atoms with van der Waals surface area (Å²) in [6.45, 7) is -0.0373. The quantitative estimate of drug-likeness (QED) is 0.434. The first-order chi connectivity index (χ1) is 12.5. The molecule has 0 N–H and O–H groups in total. The second-order valence-electron chi connectivity index (χ2n) is 5.30. The molecule has 0 saturated carbocycles. The lowest BCUT2D eigenvalue weighted by Gasteiger charge is -2.09. The van der Waals surface area contributed by atoms with Gasteiger partial charge in [-0.25, -0.2) is 4.79 Å². The van der Waals surface area contributed by atoms with E-state index in [2.05, 4.69) is 4.74 Å². The molecule has 2 amide bonds. The Kier molecular flexibility index (Phi) is 5.53. The molecule has 1 saturated heterocycles. The summed E-state index contributed by atoms with van der Waals surface area (Å²) >= 11 is 2.51. The van der Waals surface area contributed by atoms with Crippen LogP contribution < -0.4 is 0 Å². The number of carbonyl (C=O) groups excluding carboxylic acids is 3. The zero-order chi connectivity index (χ0) is 18.7. The van der Waals surface area contributed by atoms with Crippen LogP contribution in [0.2, 0.25) is 0 Å². The maximum absolute atomic E-state index is 12.5. The van der Waals surface area contributed by atoms with Crippen LogP contribution >= 0.6 is 23.5 Å². The maximum atomic E-state index is 12.5. The number of furan rings is 1. The third-order valence-electron chi connectivity index (χ3n) is 3.65. The fourth-order valence-electron chi connectivity index (χ4n) is 2.32. The molecule has 2 heterocycles. The number of ether oxygens (including phenoxy) is 1. The number of hydrogen-bond acceptors (Lipinski definition) is 7. The van der Waals surface area contributed by atoms with E-state index in [0.29, 0.717) is 10.7 Å². The summed E-state index contributed by atoms with van der Waals surface area (Å²) in [5, 5.41) is -0.377. The number of methoxy groups -OCH3 is 1. The average molecular weight is 389 g/mol. The highest BCUT2D eigenvalue weighted by Crippen LogP contribution is 2.33. The molecule has 134 valence electrons. The van der Waals surface area contributed by atoms with Gasteiger partial charge in [-0.2, -0.15) is 0 Å². The summed E-state index contributed by atoms with van der Waals surface area (Å²) in [5.41, 5.74) is 0.847. The number of esters is 1. The summed E-state index contributed by atoms with van der Waals surface area (Å²) in [7, 11) is 1.25. The molecule has 8 heteroatoms. The standard InChI is InChI=1S/C18H15NO5S2/c1-23-17(21)14-8-5-12(24-14)10-19-16(20)15(26-18(19)22)9-11-3-6-13(25-2)7-4-11/h3-9H,10H2,1-2H3. The SMILES string of the molecule is COC(=O)c1ccc(CN2C(=O)SC(=Cc3ccc(SC)cc3)C2=O)o1. The molecule has 0 unspecified atom stereocenters. The Labute approximate surface area is 158 Å². The number of nitrogens with zero attached hydrogens (tertiary/aromatic N) is 1. The van der Waals surface area contributed by atoms with E-state index < -0.39 is 5.97 Å². The number of carbonyl (C=O) groups is 3. The van der Waals surface area contributed by atoms with Gasteiger partial charge in [0, 0.05) is 4.90 Å². The molecule has 0 atom stereocenters. The van der Waals surface area contributed by atoms with E-state index in [1.807, 2.05) is 30.5 Å². The summed E-state index contributed by atoms with van der Waals surface area (Å²) in [6.07, 6.45) is 3.68. The molecule has 1 aliphatic heterocycles. The highest BCUT2D eigenvalue weighted by molar-refractivity contribution is 8.18. The molecule has 6 nitrogen and oxygen atoms in total. The van der Waals surface area contributed by atoms with Crippen molar-refractivity contribution in [3.8, 4) is 0 Å². The van der Waals surface area contributed by atoms with Gasteiger partial charge in [0.05, 0.1) is 18.6 Å². The number of rotatable bonds is 5. The van der Waals surface area contributed by atoms with Crippen LogP contribution in [0.1, 0.15) is 21.9 Å². The molecule has 0 bridgehead atoms. The van der Waals surface area contributed by atoms with E-state index in [0.717, 1.165) is 27.1 Å². The minimum absolute atomic E-state index is 0.0268. The molecule has 1 aromatic carbocycles. The van der Waals surface area contributed by atoms with E-state index in [1.165, 1.54) is 13.2 Å². The van der Waals surface area contributed by atoms with Crippen LogP contribution in [0.4, 0.5) is 4.79 Å². The third-order valence-corrected chi connectivity index (χ3v) is 5.30. The molecule has 0 aliphatic carbocycles. The van der Waals surface area contributed by atoms with Crippen molar-refractivity contribution in [3.05, 3.63) is 58.4 Å². The Morgan fingerprint density at radius 2 is 1.96 bits per heavy atom. The highest BCUT2D eigenvalue weighted by Gasteiger charge is 2.35. The second-order valence-corrected chi connectivity index (χ2v) is 7.17. The molecule has 3 rings (SSSR count). The first-order valence-electron chi connectivity index (χ1n) is 7.58. The van der Waals surface area contributed by atoms with Gasteiger partial charge < -0.3 is 9.15 Å². The van der Waals surface area contributed by atoms with Crippen molar-refractivity contribution in [1.29, 1.82) is 0 Å². The largest absolute Gasteiger partial charge is 0.463 e. The van der Waals surface area contributed by atoms with Gasteiger partial charge in [0.15, 0.2) is 0 Å². The Morgan fingerprint density at radius 1 is 1.23 bits per heavy atom. The third kappa shape index (κ3) is 3.86. The van der Waals surface area contributed by atoms with Crippen molar-refractivity contribution in [2.24, 2.45) is 0 Å². The van der Waals surface area contributed by atoms with Crippen molar-refractivity contribution in [2.75, 3.05) is 13.4 Å². The van der Waals surface area contributed by atoms with Gasteiger partial charge in [-0.15, -0.1) is 11.8 Å². The van der Waals surface area contributed by atoms with Crippen LogP contribution in [-0.4, -0.2) is 35.4 Å². The minimum atomic E-state index is -0.612. The molecular weight excluding hydrogens is 374 g/mol. The topological polar surface area (TPSA) is 76.8 Å². The van der Waals surface area contributed by atoms with Gasteiger partial charge in [-0.3, -0.25) is 14.5 Å². The highest BCUT2D eigenvalue weighted by atomic mass is 32.2. The fourth-order valence-corrected chi connectivity index (χ4v) is 3.56. The molecule has 0 radical (unpaired) electrons. The lowest BCUT2D eigenvalue weighted by molar-refractivity contribution is -0.123. The van der Waals surface area contributed by atoms with Gasteiger partial charge >= 0.3 is 5.97 Å². The van der Waals surface area contributed by atoms with Crippen LogP contribution in [0, 0.1) is 0 Å². The van der Waals surface area contributed by atoms with Crippen LogP contribution in [0.25, 0.3) is 6.08 Å². The van der Waals surface area contributed by atoms with E-state index in [9.17, 15) is 14.4 Å². The predicted molar refractivity (Wildman–Crippen MR) is 99.8 cm³/mol. The normalized spacial score (nSPS) is 15.8. The summed E-state index contributed by atoms with van der Waals surface area (Å²) < 4.78 is 9.89. The molecule has 1 aliphatic rings. The Morgan fingerprint density at radius 3 is 2.62 bits per heavy atom.